The molecule has 7 amide bonds. The molecule has 0 spiro atoms. The maximum Gasteiger partial charge on any atom is 0.246 e. The normalized spacial score (nSPS) is 27.4. The van der Waals surface area contributed by atoms with Crippen LogP contribution in [0.4, 0.5) is 8.78 Å². The highest BCUT2D eigenvalue weighted by Gasteiger charge is 2.48. The van der Waals surface area contributed by atoms with E-state index in [2.05, 4.69) is 31.9 Å². The number of amides is 7. The Kier molecular flexibility index (Phi) is 20.6. The molecule has 18 heteroatoms. The van der Waals surface area contributed by atoms with Gasteiger partial charge < -0.3 is 41.7 Å². The summed E-state index contributed by atoms with van der Waals surface area (Å²) in [6.45, 7) is 5.70. The van der Waals surface area contributed by atoms with Crippen molar-refractivity contribution in [3.05, 3.63) is 70.3 Å². The molecule has 7 aliphatic rings. The molecule has 0 bridgehead atoms. The van der Waals surface area contributed by atoms with Crippen molar-refractivity contribution in [1.82, 2.24) is 41.7 Å². The van der Waals surface area contributed by atoms with Gasteiger partial charge in [-0.15, -0.1) is 0 Å². The Labute approximate surface area is 483 Å². The molecule has 16 nitrogen and oxygen atoms in total. The molecule has 0 radical (unpaired) electrons. The number of hydrogen-bond acceptors (Lipinski definition) is 9. The van der Waals surface area contributed by atoms with Crippen molar-refractivity contribution in [3.8, 4) is 0 Å². The highest BCUT2D eigenvalue weighted by Crippen LogP contribution is 2.38. The molecule has 2 aliphatic heterocycles. The van der Waals surface area contributed by atoms with E-state index < -0.39 is 71.9 Å². The van der Waals surface area contributed by atoms with Crippen LogP contribution in [-0.4, -0.2) is 113 Å². The number of nitrogens with zero attached hydrogens (tertiary/aromatic N) is 2. The molecule has 3 saturated carbocycles. The molecule has 448 valence electrons. The van der Waals surface area contributed by atoms with Crippen LogP contribution in [0.25, 0.3) is 0 Å². The Bertz CT molecular complexity index is 2470. The first-order valence-electron chi connectivity index (χ1n) is 31.4. The van der Waals surface area contributed by atoms with Crippen molar-refractivity contribution < 1.29 is 47.1 Å². The molecule has 2 heterocycles. The van der Waals surface area contributed by atoms with E-state index in [0.717, 1.165) is 112 Å². The Morgan fingerprint density at radius 3 is 1.49 bits per heavy atom. The van der Waals surface area contributed by atoms with Gasteiger partial charge in [0.25, 0.3) is 0 Å². The third-order valence-electron chi connectivity index (χ3n) is 20.0. The molecule has 82 heavy (non-hydrogen) atoms. The highest BCUT2D eigenvalue weighted by atomic mass is 19.1. The van der Waals surface area contributed by atoms with Gasteiger partial charge in [-0.05, 0) is 181 Å². The van der Waals surface area contributed by atoms with Crippen LogP contribution in [0.1, 0.15) is 196 Å². The Morgan fingerprint density at radius 1 is 0.561 bits per heavy atom. The number of benzene rings is 2. The molecule has 5 fully saturated rings. The minimum absolute atomic E-state index is 0.0198. The number of halogens is 2. The largest absolute Gasteiger partial charge is 0.351 e. The zero-order valence-electron chi connectivity index (χ0n) is 48.8. The van der Waals surface area contributed by atoms with Crippen molar-refractivity contribution in [2.45, 2.75) is 223 Å². The number of likely N-dealkylation sites (tertiary alicyclic amines) is 2. The van der Waals surface area contributed by atoms with Crippen LogP contribution >= 0.6 is 0 Å². The number of carbonyl (C=O) groups excluding carboxylic acids is 8. The number of nitrogens with one attached hydrogen (secondary N) is 6. The number of carbonyl (C=O) groups is 8. The van der Waals surface area contributed by atoms with Crippen molar-refractivity contribution in [2.24, 2.45) is 35.5 Å². The number of hydrogen-bond donors (Lipinski definition) is 6. The number of fused-ring (bicyclic) bond motifs is 2. The van der Waals surface area contributed by atoms with Crippen LogP contribution in [0.2, 0.25) is 0 Å². The van der Waals surface area contributed by atoms with Crippen LogP contribution in [-0.2, 0) is 51.2 Å². The molecule has 2 aromatic rings. The molecule has 0 unspecified atom stereocenters. The molecule has 0 aromatic heterocycles. The maximum absolute atomic E-state index is 15.0. The fourth-order valence-electron chi connectivity index (χ4n) is 14.8. The number of aryl methyl sites for hydroxylation is 2. The summed E-state index contributed by atoms with van der Waals surface area (Å²) in [5.74, 6) is -4.78. The van der Waals surface area contributed by atoms with Crippen LogP contribution in [0.5, 0.6) is 0 Å². The maximum atomic E-state index is 15.0. The second kappa shape index (κ2) is 27.7. The predicted molar refractivity (Wildman–Crippen MR) is 306 cm³/mol. The van der Waals surface area contributed by atoms with E-state index in [1.54, 1.807) is 35.9 Å². The lowest BCUT2D eigenvalue weighted by Gasteiger charge is -2.35. The summed E-state index contributed by atoms with van der Waals surface area (Å²) >= 11 is 0. The van der Waals surface area contributed by atoms with Gasteiger partial charge in [-0.3, -0.25) is 38.4 Å². The molecular formula is C64H90F2N8O8. The van der Waals surface area contributed by atoms with Gasteiger partial charge in [0.05, 0.1) is 18.1 Å². The Morgan fingerprint density at radius 2 is 1.02 bits per heavy atom. The van der Waals surface area contributed by atoms with E-state index >= 15 is 4.79 Å². The van der Waals surface area contributed by atoms with E-state index in [-0.39, 0.29) is 103 Å². The molecule has 2 saturated heterocycles. The lowest BCUT2D eigenvalue weighted by molar-refractivity contribution is -0.145. The predicted octanol–water partition coefficient (Wildman–Crippen LogP) is 7.50. The lowest BCUT2D eigenvalue weighted by atomic mass is 9.76. The van der Waals surface area contributed by atoms with Crippen molar-refractivity contribution in [3.63, 3.8) is 0 Å². The van der Waals surface area contributed by atoms with Crippen molar-refractivity contribution >= 4 is 47.1 Å². The summed E-state index contributed by atoms with van der Waals surface area (Å²) in [7, 11) is 1.72. The first kappa shape index (κ1) is 60.8. The molecule has 5 aliphatic carbocycles. The second-order valence-electron chi connectivity index (χ2n) is 25.4. The second-order valence-corrected chi connectivity index (χ2v) is 25.4. The van der Waals surface area contributed by atoms with Gasteiger partial charge in [-0.2, -0.15) is 0 Å². The Hall–Kier alpha value is -5.78. The highest BCUT2D eigenvalue weighted by molar-refractivity contribution is 5.95. The van der Waals surface area contributed by atoms with Crippen LogP contribution in [0, 0.1) is 47.1 Å². The van der Waals surface area contributed by atoms with Gasteiger partial charge in [0.2, 0.25) is 41.4 Å². The van der Waals surface area contributed by atoms with E-state index in [1.807, 2.05) is 13.8 Å². The summed E-state index contributed by atoms with van der Waals surface area (Å²) < 4.78 is 29.2. The van der Waals surface area contributed by atoms with Crippen LogP contribution in [0.3, 0.4) is 0 Å². The molecule has 2 aromatic carbocycles. The standard InChI is InChI=1S/C64H90F2N8O8/c1-5-37(2)58(76)72-57(42-16-10-7-11-17-42)64(82)74-36-48(33-55(74)62(80)71-53-21-13-19-41-27-29-46(66)31-50(41)53)69-60(78)44-24-22-43(23-25-44)59(77)68-47-32-54(61(79)70-52-20-12-18-40-26-28-45(65)30-49(40)52)73(35-47)63(81)51(34-56(75)38(3)67-4)39-14-8-6-9-15-39/h26-31,37-39,42-44,47-48,51-55,57,67H,5-25,32-36H2,1-4H3,(H,68,77)(H,69,78)(H,70,79)(H,71,80)(H,72,76)/t37-,38+,43?,44?,47+,48+,51+,52-,53-,54+,55+,57+/m1/s1. The Balaban J connectivity index is 0.862. The quantitative estimate of drug-likeness (QED) is 0.0820. The lowest BCUT2D eigenvalue weighted by Crippen LogP contribution is -2.57. The van der Waals surface area contributed by atoms with Gasteiger partial charge in [0.15, 0.2) is 0 Å². The summed E-state index contributed by atoms with van der Waals surface area (Å²) in [6, 6.07) is 4.13. The summed E-state index contributed by atoms with van der Waals surface area (Å²) in [6.07, 6.45) is 16.0. The monoisotopic (exact) mass is 1140 g/mol. The van der Waals surface area contributed by atoms with Gasteiger partial charge in [0.1, 0.15) is 35.5 Å². The van der Waals surface area contributed by atoms with Gasteiger partial charge in [-0.1, -0.05) is 64.5 Å². The van der Waals surface area contributed by atoms with E-state index in [4.69, 9.17) is 0 Å². The first-order chi connectivity index (χ1) is 39.5. The SMILES string of the molecule is CC[C@@H](C)C(=O)N[C@H](C(=O)N1C[C@@H](NC(=O)C2CCC(C(=O)N[C@H]3C[C@@H](C(=O)N[C@@H]4CCCc5ccc(F)cc54)N(C(=O)[C@@H](CC(=O)[C@H](C)NC)C4CCCCC4)C3)CC2)C[C@H]1C(=O)N[C@@H]1CCCc2ccc(F)cc21)C1CCCCC1. The molecule has 6 N–H and O–H groups in total. The molecule has 9 rings (SSSR count). The van der Waals surface area contributed by atoms with E-state index in [1.165, 1.54) is 24.3 Å². The summed E-state index contributed by atoms with van der Waals surface area (Å²) in [5, 5.41) is 18.8. The third-order valence-corrected chi connectivity index (χ3v) is 20.0. The summed E-state index contributed by atoms with van der Waals surface area (Å²) in [5.41, 5.74) is 3.39. The van der Waals surface area contributed by atoms with Gasteiger partial charge in [-0.25, -0.2) is 8.78 Å². The number of rotatable bonds is 19. The number of ketones is 1. The summed E-state index contributed by atoms with van der Waals surface area (Å²) in [4.78, 5) is 118. The average molecular weight is 1140 g/mol. The zero-order valence-corrected chi connectivity index (χ0v) is 48.8. The van der Waals surface area contributed by atoms with Gasteiger partial charge >= 0.3 is 0 Å². The van der Waals surface area contributed by atoms with Crippen molar-refractivity contribution in [1.29, 1.82) is 0 Å². The fraction of sp³-hybridized carbons (Fsp3) is 0.688. The minimum Gasteiger partial charge on any atom is -0.351 e. The zero-order chi connectivity index (χ0) is 58.2. The molecule has 10 atom stereocenters. The fourth-order valence-corrected chi connectivity index (χ4v) is 14.8. The third kappa shape index (κ3) is 14.4. The number of likely N-dealkylation sites (N-methyl/N-ethyl adjacent to an activating group) is 1. The minimum atomic E-state index is -0.952. The topological polar surface area (TPSA) is 215 Å². The first-order valence-corrected chi connectivity index (χ1v) is 31.4. The van der Waals surface area contributed by atoms with Crippen molar-refractivity contribution in [2.75, 3.05) is 20.1 Å². The van der Waals surface area contributed by atoms with E-state index in [0.29, 0.717) is 44.9 Å². The van der Waals surface area contributed by atoms with E-state index in [9.17, 15) is 42.3 Å². The van der Waals surface area contributed by atoms with Crippen LogP contribution < -0.4 is 31.9 Å². The molecular weight excluding hydrogens is 1050 g/mol. The number of Topliss-reactive ketones (excluding diaryl/α,β-unsaturated/α-hetero) is 1. The van der Waals surface area contributed by atoms with Gasteiger partial charge in [0, 0.05) is 55.3 Å². The smallest absolute Gasteiger partial charge is 0.246 e. The average Bonchev–Trinajstić information content (AvgIpc) is 4.31. The van der Waals surface area contributed by atoms with Crippen LogP contribution in [0.15, 0.2) is 36.4 Å².